The van der Waals surface area contributed by atoms with Crippen molar-refractivity contribution >= 4 is 33.1 Å². The first kappa shape index (κ1) is 21.6. The number of nitrogens with zero attached hydrogens (tertiary/aromatic N) is 2. The van der Waals surface area contributed by atoms with E-state index in [9.17, 15) is 9.00 Å². The molecule has 31 heavy (non-hydrogen) atoms. The van der Waals surface area contributed by atoms with E-state index in [1.165, 1.54) is 0 Å². The van der Waals surface area contributed by atoms with Crippen LogP contribution in [0, 0.1) is 6.92 Å². The Morgan fingerprint density at radius 2 is 1.81 bits per heavy atom. The third-order valence-corrected chi connectivity index (χ3v) is 6.96. The summed E-state index contributed by atoms with van der Waals surface area (Å²) in [5.41, 5.74) is 3.01. The van der Waals surface area contributed by atoms with E-state index in [0.717, 1.165) is 64.5 Å². The van der Waals surface area contributed by atoms with Crippen molar-refractivity contribution in [2.75, 3.05) is 42.7 Å². The summed E-state index contributed by atoms with van der Waals surface area (Å²) < 4.78 is 13.9. The lowest BCUT2D eigenvalue weighted by atomic mass is 9.97. The maximum absolute atomic E-state index is 13.3. The Morgan fingerprint density at radius 1 is 1.10 bits per heavy atom. The summed E-state index contributed by atoms with van der Waals surface area (Å²) in [4.78, 5) is 16.3. The van der Waals surface area contributed by atoms with Crippen LogP contribution in [0.25, 0.3) is 10.8 Å². The number of benzene rings is 2. The third kappa shape index (κ3) is 4.25. The Labute approximate surface area is 185 Å². The number of fused-ring (bicyclic) bond motifs is 1. The molecule has 1 aromatic heterocycles. The Balaban J connectivity index is 1.83. The normalized spacial score (nSPS) is 16.3. The van der Waals surface area contributed by atoms with Crippen LogP contribution in [0.3, 0.4) is 0 Å². The van der Waals surface area contributed by atoms with Gasteiger partial charge >= 0.3 is 0 Å². The first-order chi connectivity index (χ1) is 14.9. The van der Waals surface area contributed by atoms with Crippen molar-refractivity contribution in [3.8, 4) is 0 Å². The van der Waals surface area contributed by atoms with Crippen LogP contribution in [0.5, 0.6) is 0 Å². The maximum Gasteiger partial charge on any atom is 0.259 e. The van der Waals surface area contributed by atoms with Gasteiger partial charge in [0.15, 0.2) is 0 Å². The van der Waals surface area contributed by atoms with Gasteiger partial charge in [-0.3, -0.25) is 13.6 Å². The van der Waals surface area contributed by atoms with Gasteiger partial charge in [-0.2, -0.15) is 0 Å². The standard InChI is InChI=1S/C24H30N4O2S/c1-16-13-18(17(2)26-21-7-5-6-8-22(21)31(4)30)19-15-23(28-11-9-25-10-12-28)27(3)24(29)20(19)14-16/h5-8,13-15,17,25-26H,9-12H2,1-4H3/t17-,31?/m1/s1. The lowest BCUT2D eigenvalue weighted by Gasteiger charge is -2.31. The van der Waals surface area contributed by atoms with Crippen molar-refractivity contribution in [2.45, 2.75) is 24.8 Å². The zero-order valence-corrected chi connectivity index (χ0v) is 19.4. The molecule has 1 aliphatic rings. The van der Waals surface area contributed by atoms with Gasteiger partial charge in [-0.15, -0.1) is 0 Å². The molecule has 0 saturated carbocycles. The van der Waals surface area contributed by atoms with Crippen molar-refractivity contribution in [3.63, 3.8) is 0 Å². The molecule has 0 bridgehead atoms. The third-order valence-electron chi connectivity index (χ3n) is 5.98. The smallest absolute Gasteiger partial charge is 0.259 e. The first-order valence-electron chi connectivity index (χ1n) is 10.7. The summed E-state index contributed by atoms with van der Waals surface area (Å²) in [6, 6.07) is 13.9. The van der Waals surface area contributed by atoms with Crippen LogP contribution >= 0.6 is 0 Å². The summed E-state index contributed by atoms with van der Waals surface area (Å²) in [6.45, 7) is 7.69. The van der Waals surface area contributed by atoms with E-state index in [4.69, 9.17) is 0 Å². The summed E-state index contributed by atoms with van der Waals surface area (Å²) in [5.74, 6) is 0.950. The Hall–Kier alpha value is -2.64. The van der Waals surface area contributed by atoms with Gasteiger partial charge in [0.05, 0.1) is 21.4 Å². The summed E-state index contributed by atoms with van der Waals surface area (Å²) >= 11 is 0. The molecule has 1 saturated heterocycles. The zero-order chi connectivity index (χ0) is 22.1. The van der Waals surface area contributed by atoms with E-state index in [1.54, 1.807) is 10.8 Å². The molecule has 6 nitrogen and oxygen atoms in total. The molecule has 2 atom stereocenters. The van der Waals surface area contributed by atoms with Gasteiger partial charge in [0.2, 0.25) is 0 Å². The number of piperazine rings is 1. The van der Waals surface area contributed by atoms with Crippen LogP contribution in [0.15, 0.2) is 52.2 Å². The number of para-hydroxylation sites is 1. The molecular formula is C24H30N4O2S. The fourth-order valence-electron chi connectivity index (χ4n) is 4.38. The fraction of sp³-hybridized carbons (Fsp3) is 0.375. The molecule has 0 radical (unpaired) electrons. The highest BCUT2D eigenvalue weighted by atomic mass is 32.2. The highest BCUT2D eigenvalue weighted by Gasteiger charge is 2.19. The summed E-state index contributed by atoms with van der Waals surface area (Å²) in [5, 5.41) is 8.61. The molecule has 0 spiro atoms. The second-order valence-corrected chi connectivity index (χ2v) is 9.58. The molecule has 7 heteroatoms. The van der Waals surface area contributed by atoms with E-state index in [1.807, 2.05) is 44.3 Å². The molecule has 1 fully saturated rings. The minimum atomic E-state index is -1.09. The van der Waals surface area contributed by atoms with Crippen molar-refractivity contribution in [1.29, 1.82) is 0 Å². The van der Waals surface area contributed by atoms with E-state index >= 15 is 0 Å². The monoisotopic (exact) mass is 438 g/mol. The van der Waals surface area contributed by atoms with Gasteiger partial charge in [0.25, 0.3) is 5.56 Å². The molecule has 1 unspecified atom stereocenters. The van der Waals surface area contributed by atoms with Crippen LogP contribution in [0.1, 0.15) is 24.1 Å². The average Bonchev–Trinajstić information content (AvgIpc) is 2.77. The molecule has 2 heterocycles. The van der Waals surface area contributed by atoms with Crippen LogP contribution < -0.4 is 21.1 Å². The van der Waals surface area contributed by atoms with Gasteiger partial charge < -0.3 is 15.5 Å². The predicted molar refractivity (Wildman–Crippen MR) is 130 cm³/mol. The quantitative estimate of drug-likeness (QED) is 0.641. The molecule has 1 aliphatic heterocycles. The SMILES string of the molecule is Cc1cc([C@@H](C)Nc2ccccc2S(C)=O)c2cc(N3CCNCC3)n(C)c(=O)c2c1. The number of aryl methyl sites for hydroxylation is 1. The number of pyridine rings is 1. The van der Waals surface area contributed by atoms with Gasteiger partial charge in [-0.05, 0) is 54.6 Å². The summed E-state index contributed by atoms with van der Waals surface area (Å²) in [7, 11) is 0.770. The van der Waals surface area contributed by atoms with Crippen molar-refractivity contribution in [3.05, 3.63) is 63.9 Å². The van der Waals surface area contributed by atoms with Crippen LogP contribution in [-0.4, -0.2) is 41.2 Å². The summed E-state index contributed by atoms with van der Waals surface area (Å²) in [6.07, 6.45) is 1.69. The molecular weight excluding hydrogens is 408 g/mol. The second-order valence-electron chi connectivity index (χ2n) is 8.24. The first-order valence-corrected chi connectivity index (χ1v) is 12.2. The predicted octanol–water partition coefficient (Wildman–Crippen LogP) is 3.17. The largest absolute Gasteiger partial charge is 0.378 e. The lowest BCUT2D eigenvalue weighted by Crippen LogP contribution is -2.45. The molecule has 0 amide bonds. The highest BCUT2D eigenvalue weighted by Crippen LogP contribution is 2.31. The number of hydrogen-bond acceptors (Lipinski definition) is 5. The molecule has 2 aromatic carbocycles. The van der Waals surface area contributed by atoms with Gasteiger partial charge in [-0.25, -0.2) is 0 Å². The molecule has 3 aromatic rings. The van der Waals surface area contributed by atoms with Gasteiger partial charge in [-0.1, -0.05) is 18.2 Å². The van der Waals surface area contributed by atoms with Crippen molar-refractivity contribution < 1.29 is 4.21 Å². The number of hydrogen-bond donors (Lipinski definition) is 2. The van der Waals surface area contributed by atoms with Crippen LogP contribution in [0.2, 0.25) is 0 Å². The molecule has 2 N–H and O–H groups in total. The van der Waals surface area contributed by atoms with Crippen molar-refractivity contribution in [2.24, 2.45) is 7.05 Å². The Kier molecular flexibility index (Phi) is 6.16. The second kappa shape index (κ2) is 8.85. The van der Waals surface area contributed by atoms with E-state index in [2.05, 4.69) is 34.6 Å². The number of nitrogens with one attached hydrogen (secondary N) is 2. The van der Waals surface area contributed by atoms with Gasteiger partial charge in [0, 0.05) is 50.9 Å². The van der Waals surface area contributed by atoms with Crippen LogP contribution in [0.4, 0.5) is 11.5 Å². The minimum Gasteiger partial charge on any atom is -0.378 e. The molecule has 4 rings (SSSR count). The Morgan fingerprint density at radius 3 is 2.52 bits per heavy atom. The number of rotatable bonds is 5. The Bertz CT molecular complexity index is 1200. The van der Waals surface area contributed by atoms with E-state index < -0.39 is 10.8 Å². The minimum absolute atomic E-state index is 0.0262. The fourth-order valence-corrected chi connectivity index (χ4v) is 5.08. The van der Waals surface area contributed by atoms with Crippen molar-refractivity contribution in [1.82, 2.24) is 9.88 Å². The van der Waals surface area contributed by atoms with E-state index in [0.29, 0.717) is 0 Å². The lowest BCUT2D eigenvalue weighted by molar-refractivity contribution is 0.576. The number of aromatic nitrogens is 1. The van der Waals surface area contributed by atoms with Gasteiger partial charge in [0.1, 0.15) is 5.82 Å². The zero-order valence-electron chi connectivity index (χ0n) is 18.6. The average molecular weight is 439 g/mol. The topological polar surface area (TPSA) is 66.4 Å². The maximum atomic E-state index is 13.3. The molecule has 164 valence electrons. The highest BCUT2D eigenvalue weighted by molar-refractivity contribution is 7.84. The molecule has 0 aliphatic carbocycles. The van der Waals surface area contributed by atoms with E-state index in [-0.39, 0.29) is 11.6 Å². The van der Waals surface area contributed by atoms with Crippen LogP contribution in [-0.2, 0) is 17.8 Å². The number of anilines is 2.